The van der Waals surface area contributed by atoms with Crippen LogP contribution in [-0.2, 0) is 4.74 Å². The van der Waals surface area contributed by atoms with E-state index in [-0.39, 0.29) is 4.92 Å². The first kappa shape index (κ1) is 8.80. The molecule has 1 rings (SSSR count). The Morgan fingerprint density at radius 2 is 2.45 bits per heavy atom. The van der Waals surface area contributed by atoms with Crippen molar-refractivity contribution in [3.05, 3.63) is 10.1 Å². The molecule has 1 aliphatic rings. The number of rotatable bonds is 2. The summed E-state index contributed by atoms with van der Waals surface area (Å²) >= 11 is 1.52. The highest BCUT2D eigenvalue weighted by Crippen LogP contribution is 2.36. The van der Waals surface area contributed by atoms with Gasteiger partial charge < -0.3 is 4.74 Å². The normalized spacial score (nSPS) is 33.6. The van der Waals surface area contributed by atoms with Crippen LogP contribution in [0.5, 0.6) is 0 Å². The fraction of sp³-hybridized carbons (Fsp3) is 1.00. The van der Waals surface area contributed by atoms with Crippen molar-refractivity contribution in [3.63, 3.8) is 0 Å². The first-order valence-corrected chi connectivity index (χ1v) is 4.46. The van der Waals surface area contributed by atoms with E-state index in [2.05, 4.69) is 0 Å². The maximum atomic E-state index is 10.4. The van der Waals surface area contributed by atoms with Crippen molar-refractivity contribution < 1.29 is 9.66 Å². The van der Waals surface area contributed by atoms with Crippen LogP contribution in [0.4, 0.5) is 0 Å². The maximum absolute atomic E-state index is 10.4. The Morgan fingerprint density at radius 1 is 1.82 bits per heavy atom. The summed E-state index contributed by atoms with van der Waals surface area (Å²) in [7, 11) is 0. The third-order valence-electron chi connectivity index (χ3n) is 1.94. The van der Waals surface area contributed by atoms with E-state index in [1.54, 1.807) is 13.8 Å². The van der Waals surface area contributed by atoms with E-state index in [9.17, 15) is 10.1 Å². The average molecular weight is 177 g/mol. The minimum atomic E-state index is -0.630. The Labute approximate surface area is 69.4 Å². The summed E-state index contributed by atoms with van der Waals surface area (Å²) in [5, 5.41) is 10.4. The van der Waals surface area contributed by atoms with Gasteiger partial charge in [0, 0.05) is 17.6 Å². The summed E-state index contributed by atoms with van der Waals surface area (Å²) in [5.74, 6) is 0.856. The Hall–Kier alpha value is -0.290. The van der Waals surface area contributed by atoms with Crippen molar-refractivity contribution in [2.24, 2.45) is 0 Å². The van der Waals surface area contributed by atoms with Crippen molar-refractivity contribution in [2.45, 2.75) is 24.8 Å². The third-order valence-corrected chi connectivity index (χ3v) is 3.34. The lowest BCUT2D eigenvalue weighted by atomic mass is 10.2. The second-order valence-corrected chi connectivity index (χ2v) is 4.18. The van der Waals surface area contributed by atoms with Crippen molar-refractivity contribution in [2.75, 3.05) is 12.4 Å². The molecule has 1 aliphatic heterocycles. The number of nitro groups is 1. The topological polar surface area (TPSA) is 52.4 Å². The molecule has 0 aliphatic carbocycles. The van der Waals surface area contributed by atoms with Crippen molar-refractivity contribution in [3.8, 4) is 0 Å². The van der Waals surface area contributed by atoms with Gasteiger partial charge in [-0.1, -0.05) is 0 Å². The molecule has 0 saturated carbocycles. The zero-order valence-corrected chi connectivity index (χ0v) is 7.39. The molecule has 11 heavy (non-hydrogen) atoms. The zero-order chi connectivity index (χ0) is 8.48. The molecule has 0 aromatic carbocycles. The van der Waals surface area contributed by atoms with Crippen LogP contribution in [0.3, 0.4) is 0 Å². The molecule has 1 heterocycles. The fourth-order valence-electron chi connectivity index (χ4n) is 0.963. The molecule has 0 aromatic rings. The SMILES string of the molecule is C[C@H]([N+](=O)[O-])[C@@]1(C)OCCS1. The third kappa shape index (κ3) is 1.65. The first-order valence-electron chi connectivity index (χ1n) is 3.47. The van der Waals surface area contributed by atoms with E-state index in [1.165, 1.54) is 11.8 Å². The molecule has 2 atom stereocenters. The van der Waals surface area contributed by atoms with Gasteiger partial charge in [0.15, 0.2) is 4.93 Å². The standard InChI is InChI=1S/C6H11NO3S/c1-5(7(8)9)6(2)10-3-4-11-6/h5H,3-4H2,1-2H3/t5-,6-/m0/s1. The highest BCUT2D eigenvalue weighted by Gasteiger charge is 2.43. The van der Waals surface area contributed by atoms with Gasteiger partial charge in [0.1, 0.15) is 0 Å². The van der Waals surface area contributed by atoms with Crippen LogP contribution >= 0.6 is 11.8 Å². The summed E-state index contributed by atoms with van der Waals surface area (Å²) in [6.45, 7) is 3.98. The lowest BCUT2D eigenvalue weighted by molar-refractivity contribution is -0.532. The Balaban J connectivity index is 2.63. The smallest absolute Gasteiger partial charge is 0.247 e. The number of thioether (sulfide) groups is 1. The van der Waals surface area contributed by atoms with Gasteiger partial charge in [0.25, 0.3) is 0 Å². The lowest BCUT2D eigenvalue weighted by Crippen LogP contribution is -2.39. The van der Waals surface area contributed by atoms with Gasteiger partial charge in [-0.25, -0.2) is 0 Å². The van der Waals surface area contributed by atoms with Crippen LogP contribution < -0.4 is 0 Å². The van der Waals surface area contributed by atoms with E-state index in [4.69, 9.17) is 4.74 Å². The van der Waals surface area contributed by atoms with Crippen LogP contribution in [0.25, 0.3) is 0 Å². The monoisotopic (exact) mass is 177 g/mol. The molecule has 0 spiro atoms. The van der Waals surface area contributed by atoms with Crippen molar-refractivity contribution >= 4 is 11.8 Å². The fourth-order valence-corrected chi connectivity index (χ4v) is 2.03. The van der Waals surface area contributed by atoms with Crippen LogP contribution in [0, 0.1) is 10.1 Å². The van der Waals surface area contributed by atoms with Gasteiger partial charge in [-0.05, 0) is 6.92 Å². The molecule has 0 unspecified atom stereocenters. The molecule has 5 heteroatoms. The number of hydrogen-bond donors (Lipinski definition) is 0. The highest BCUT2D eigenvalue weighted by atomic mass is 32.2. The second kappa shape index (κ2) is 2.98. The van der Waals surface area contributed by atoms with Crippen molar-refractivity contribution in [1.82, 2.24) is 0 Å². The molecule has 0 amide bonds. The quantitative estimate of drug-likeness (QED) is 0.468. The molecule has 1 fully saturated rings. The number of ether oxygens (including phenoxy) is 1. The van der Waals surface area contributed by atoms with E-state index >= 15 is 0 Å². The van der Waals surface area contributed by atoms with Gasteiger partial charge >= 0.3 is 0 Å². The molecule has 0 radical (unpaired) electrons. The molecule has 4 nitrogen and oxygen atoms in total. The van der Waals surface area contributed by atoms with E-state index in [1.807, 2.05) is 0 Å². The number of hydrogen-bond acceptors (Lipinski definition) is 4. The van der Waals surface area contributed by atoms with E-state index in [0.29, 0.717) is 6.61 Å². The molecule has 0 aromatic heterocycles. The Kier molecular flexibility index (Phi) is 2.39. The van der Waals surface area contributed by atoms with Crippen LogP contribution in [-0.4, -0.2) is 28.3 Å². The summed E-state index contributed by atoms with van der Waals surface area (Å²) in [5.41, 5.74) is 0. The average Bonchev–Trinajstić information content (AvgIpc) is 2.35. The van der Waals surface area contributed by atoms with Crippen LogP contribution in [0.2, 0.25) is 0 Å². The van der Waals surface area contributed by atoms with Crippen LogP contribution in [0.15, 0.2) is 0 Å². The Morgan fingerprint density at radius 3 is 2.82 bits per heavy atom. The maximum Gasteiger partial charge on any atom is 0.247 e. The summed E-state index contributed by atoms with van der Waals surface area (Å²) in [6, 6.07) is -0.630. The zero-order valence-electron chi connectivity index (χ0n) is 6.57. The molecule has 0 N–H and O–H groups in total. The molecular weight excluding hydrogens is 166 g/mol. The molecular formula is C6H11NO3S. The second-order valence-electron chi connectivity index (χ2n) is 2.67. The highest BCUT2D eigenvalue weighted by molar-refractivity contribution is 8.00. The van der Waals surface area contributed by atoms with Gasteiger partial charge in [0.2, 0.25) is 6.04 Å². The predicted molar refractivity (Wildman–Crippen MR) is 43.3 cm³/mol. The number of nitrogens with zero attached hydrogens (tertiary/aromatic N) is 1. The van der Waals surface area contributed by atoms with Gasteiger partial charge in [-0.3, -0.25) is 10.1 Å². The van der Waals surface area contributed by atoms with Crippen molar-refractivity contribution in [1.29, 1.82) is 0 Å². The van der Waals surface area contributed by atoms with Gasteiger partial charge in [-0.2, -0.15) is 0 Å². The first-order chi connectivity index (χ1) is 5.06. The minimum Gasteiger partial charge on any atom is -0.357 e. The summed E-state index contributed by atoms with van der Waals surface area (Å²) in [4.78, 5) is 9.50. The lowest BCUT2D eigenvalue weighted by Gasteiger charge is -2.22. The molecule has 0 bridgehead atoms. The Bertz CT molecular complexity index is 167. The van der Waals surface area contributed by atoms with Crippen LogP contribution in [0.1, 0.15) is 13.8 Å². The molecule has 64 valence electrons. The molecule has 1 saturated heterocycles. The summed E-state index contributed by atoms with van der Waals surface area (Å²) in [6.07, 6.45) is 0. The van der Waals surface area contributed by atoms with Gasteiger partial charge in [0.05, 0.1) is 6.61 Å². The largest absolute Gasteiger partial charge is 0.357 e. The van der Waals surface area contributed by atoms with E-state index < -0.39 is 11.0 Å². The predicted octanol–water partition coefficient (Wildman–Crippen LogP) is 1.13. The minimum absolute atomic E-state index is 0.293. The summed E-state index contributed by atoms with van der Waals surface area (Å²) < 4.78 is 5.28. The van der Waals surface area contributed by atoms with E-state index in [0.717, 1.165) is 5.75 Å². The van der Waals surface area contributed by atoms with Gasteiger partial charge in [-0.15, -0.1) is 11.8 Å².